The summed E-state index contributed by atoms with van der Waals surface area (Å²) in [5.74, 6) is -2.65. The molecule has 0 amide bonds. The number of rotatable bonds is 13. The molecule has 2 fully saturated rings. The predicted molar refractivity (Wildman–Crippen MR) is 108 cm³/mol. The van der Waals surface area contributed by atoms with Crippen molar-refractivity contribution >= 4 is 5.97 Å². The molecule has 27 heavy (non-hydrogen) atoms. The smallest absolute Gasteiger partial charge is 0.364 e. The van der Waals surface area contributed by atoms with E-state index in [-0.39, 0.29) is 6.42 Å². The third-order valence-electron chi connectivity index (χ3n) is 7.07. The fraction of sp³-hybridized carbons (Fsp3) is 0.870. The van der Waals surface area contributed by atoms with Gasteiger partial charge in [-0.25, -0.2) is 4.79 Å². The van der Waals surface area contributed by atoms with E-state index in [1.54, 1.807) is 0 Å². The van der Waals surface area contributed by atoms with Crippen molar-refractivity contribution < 1.29 is 20.1 Å². The molecule has 0 aromatic carbocycles. The van der Waals surface area contributed by atoms with Gasteiger partial charge in [-0.3, -0.25) is 0 Å². The zero-order chi connectivity index (χ0) is 19.8. The van der Waals surface area contributed by atoms with E-state index in [1.807, 2.05) is 0 Å². The van der Waals surface area contributed by atoms with Gasteiger partial charge in [0.1, 0.15) is 0 Å². The highest BCUT2D eigenvalue weighted by atomic mass is 16.5. The quantitative estimate of drug-likeness (QED) is 0.226. The van der Waals surface area contributed by atoms with Crippen molar-refractivity contribution in [3.05, 3.63) is 12.2 Å². The molecule has 2 saturated carbocycles. The van der Waals surface area contributed by atoms with Crippen LogP contribution in [0.1, 0.15) is 103 Å². The zero-order valence-corrected chi connectivity index (χ0v) is 17.2. The number of aliphatic carboxylic acids is 1. The maximum absolute atomic E-state index is 10.7. The largest absolute Gasteiger partial charge is 0.477 e. The standard InChI is InChI=1S/C23H40O4/c1-2-3-14-22(16-9-17-22)15-8-13-20-12-7-11-19(20)10-5-4-6-18-23(26,27)21(24)25/h8,13,19-20,26-27H,2-7,9-12,14-18H2,1H3,(H,24,25)/t19-,20+/m0/s1. The Labute approximate surface area is 165 Å². The summed E-state index contributed by atoms with van der Waals surface area (Å²) in [4.78, 5) is 10.7. The molecule has 0 spiro atoms. The zero-order valence-electron chi connectivity index (χ0n) is 17.2. The second-order valence-corrected chi connectivity index (χ2v) is 9.17. The summed E-state index contributed by atoms with van der Waals surface area (Å²) in [5, 5.41) is 27.4. The maximum atomic E-state index is 10.7. The lowest BCUT2D eigenvalue weighted by Crippen LogP contribution is -2.37. The number of unbranched alkanes of at least 4 members (excludes halogenated alkanes) is 3. The van der Waals surface area contributed by atoms with E-state index in [1.165, 1.54) is 70.6 Å². The highest BCUT2D eigenvalue weighted by Gasteiger charge is 2.35. The molecule has 0 heterocycles. The monoisotopic (exact) mass is 380 g/mol. The first-order valence-electron chi connectivity index (χ1n) is 11.2. The van der Waals surface area contributed by atoms with Gasteiger partial charge in [-0.1, -0.05) is 57.6 Å². The minimum atomic E-state index is -2.56. The summed E-state index contributed by atoms with van der Waals surface area (Å²) in [7, 11) is 0. The van der Waals surface area contributed by atoms with Crippen LogP contribution in [0, 0.1) is 17.3 Å². The summed E-state index contributed by atoms with van der Waals surface area (Å²) in [6, 6.07) is 0. The molecular weight excluding hydrogens is 340 g/mol. The second kappa shape index (κ2) is 10.6. The van der Waals surface area contributed by atoms with Crippen LogP contribution in [-0.4, -0.2) is 27.1 Å². The number of hydrogen-bond acceptors (Lipinski definition) is 3. The molecule has 4 nitrogen and oxygen atoms in total. The van der Waals surface area contributed by atoms with Crippen molar-refractivity contribution in [1.29, 1.82) is 0 Å². The van der Waals surface area contributed by atoms with Crippen LogP contribution < -0.4 is 0 Å². The van der Waals surface area contributed by atoms with E-state index in [9.17, 15) is 15.0 Å². The average Bonchev–Trinajstić information content (AvgIpc) is 3.03. The van der Waals surface area contributed by atoms with Gasteiger partial charge >= 0.3 is 5.97 Å². The van der Waals surface area contributed by atoms with Gasteiger partial charge in [0.25, 0.3) is 5.79 Å². The molecule has 2 rings (SSSR count). The average molecular weight is 381 g/mol. The molecule has 0 saturated heterocycles. The van der Waals surface area contributed by atoms with Gasteiger partial charge in [0.05, 0.1) is 0 Å². The Kier molecular flexibility index (Phi) is 8.81. The van der Waals surface area contributed by atoms with Crippen molar-refractivity contribution in [2.45, 2.75) is 109 Å². The maximum Gasteiger partial charge on any atom is 0.364 e. The van der Waals surface area contributed by atoms with Crippen molar-refractivity contribution in [1.82, 2.24) is 0 Å². The lowest BCUT2D eigenvalue weighted by Gasteiger charge is -2.41. The Balaban J connectivity index is 1.66. The molecule has 0 bridgehead atoms. The van der Waals surface area contributed by atoms with Gasteiger partial charge in [-0.2, -0.15) is 0 Å². The Morgan fingerprint density at radius 1 is 1.11 bits per heavy atom. The number of carbonyl (C=O) groups is 1. The van der Waals surface area contributed by atoms with Crippen LogP contribution in [-0.2, 0) is 4.79 Å². The fourth-order valence-electron chi connectivity index (χ4n) is 5.02. The molecule has 0 radical (unpaired) electrons. The predicted octanol–water partition coefficient (Wildman–Crippen LogP) is 5.43. The number of carboxylic acids is 1. The molecule has 4 heteroatoms. The van der Waals surface area contributed by atoms with Crippen LogP contribution in [0.25, 0.3) is 0 Å². The number of carboxylic acid groups (broad SMARTS) is 1. The molecule has 2 aliphatic rings. The normalized spacial score (nSPS) is 25.0. The van der Waals surface area contributed by atoms with Crippen molar-refractivity contribution in [3.63, 3.8) is 0 Å². The minimum absolute atomic E-state index is 0.0871. The minimum Gasteiger partial charge on any atom is -0.477 e. The topological polar surface area (TPSA) is 77.8 Å². The van der Waals surface area contributed by atoms with E-state index in [4.69, 9.17) is 5.11 Å². The molecule has 156 valence electrons. The van der Waals surface area contributed by atoms with Crippen LogP contribution in [0.5, 0.6) is 0 Å². The summed E-state index contributed by atoms with van der Waals surface area (Å²) in [6.45, 7) is 2.29. The second-order valence-electron chi connectivity index (χ2n) is 9.17. The first-order valence-corrected chi connectivity index (χ1v) is 11.2. The first kappa shape index (κ1) is 22.4. The number of allylic oxidation sites excluding steroid dienone is 2. The van der Waals surface area contributed by atoms with E-state index in [2.05, 4.69) is 19.1 Å². The van der Waals surface area contributed by atoms with E-state index < -0.39 is 11.8 Å². The molecule has 0 unspecified atom stereocenters. The van der Waals surface area contributed by atoms with E-state index >= 15 is 0 Å². The Bertz CT molecular complexity index is 479. The van der Waals surface area contributed by atoms with Gasteiger partial charge in [0.2, 0.25) is 0 Å². The molecule has 2 aliphatic carbocycles. The van der Waals surface area contributed by atoms with Crippen molar-refractivity contribution in [2.75, 3.05) is 0 Å². The Morgan fingerprint density at radius 3 is 2.52 bits per heavy atom. The molecule has 2 atom stereocenters. The Hall–Kier alpha value is -0.870. The van der Waals surface area contributed by atoms with Crippen LogP contribution in [0.15, 0.2) is 12.2 Å². The lowest BCUT2D eigenvalue weighted by atomic mass is 9.64. The molecule has 0 aromatic rings. The SMILES string of the molecule is CCCCC1(CC=C[C@H]2CCC[C@@H]2CCCCCC(O)(O)C(=O)O)CCC1. The van der Waals surface area contributed by atoms with Crippen molar-refractivity contribution in [3.8, 4) is 0 Å². The lowest BCUT2D eigenvalue weighted by molar-refractivity contribution is -0.205. The number of hydrogen-bond donors (Lipinski definition) is 3. The van der Waals surface area contributed by atoms with Gasteiger partial charge < -0.3 is 15.3 Å². The van der Waals surface area contributed by atoms with E-state index in [0.717, 1.165) is 18.8 Å². The molecular formula is C23H40O4. The molecule has 0 aliphatic heterocycles. The van der Waals surface area contributed by atoms with E-state index in [0.29, 0.717) is 17.8 Å². The van der Waals surface area contributed by atoms with Crippen LogP contribution >= 0.6 is 0 Å². The first-order chi connectivity index (χ1) is 12.9. The summed E-state index contributed by atoms with van der Waals surface area (Å²) < 4.78 is 0. The van der Waals surface area contributed by atoms with Crippen molar-refractivity contribution in [2.24, 2.45) is 17.3 Å². The van der Waals surface area contributed by atoms with Gasteiger partial charge in [-0.15, -0.1) is 0 Å². The van der Waals surface area contributed by atoms with Gasteiger partial charge in [0, 0.05) is 6.42 Å². The number of aliphatic hydroxyl groups is 2. The van der Waals surface area contributed by atoms with Gasteiger partial charge in [0.15, 0.2) is 0 Å². The molecule has 0 aromatic heterocycles. The summed E-state index contributed by atoms with van der Waals surface area (Å²) >= 11 is 0. The van der Waals surface area contributed by atoms with Crippen LogP contribution in [0.4, 0.5) is 0 Å². The van der Waals surface area contributed by atoms with Crippen LogP contribution in [0.3, 0.4) is 0 Å². The Morgan fingerprint density at radius 2 is 1.89 bits per heavy atom. The molecule has 3 N–H and O–H groups in total. The highest BCUT2D eigenvalue weighted by molar-refractivity contribution is 5.74. The summed E-state index contributed by atoms with van der Waals surface area (Å²) in [5.41, 5.74) is 0.617. The third kappa shape index (κ3) is 6.90. The fourth-order valence-corrected chi connectivity index (χ4v) is 5.02. The summed E-state index contributed by atoms with van der Waals surface area (Å²) in [6.07, 6.45) is 22.0. The third-order valence-corrected chi connectivity index (χ3v) is 7.07. The highest BCUT2D eigenvalue weighted by Crippen LogP contribution is 2.48. The van der Waals surface area contributed by atoms with Crippen LogP contribution in [0.2, 0.25) is 0 Å². The van der Waals surface area contributed by atoms with Gasteiger partial charge in [-0.05, 0) is 68.6 Å².